The predicted octanol–water partition coefficient (Wildman–Crippen LogP) is 2.26. The Morgan fingerprint density at radius 3 is 2.04 bits per heavy atom. The van der Waals surface area contributed by atoms with E-state index in [-0.39, 0.29) is 23.2 Å². The molecule has 26 heavy (non-hydrogen) atoms. The molecule has 0 aliphatic carbocycles. The van der Waals surface area contributed by atoms with E-state index in [9.17, 15) is 14.7 Å². The van der Waals surface area contributed by atoms with Crippen LogP contribution in [-0.4, -0.2) is 16.9 Å². The molecule has 0 saturated carbocycles. The Balaban J connectivity index is 1.80. The molecule has 0 radical (unpaired) electrons. The number of aryl methyl sites for hydroxylation is 1. The van der Waals surface area contributed by atoms with Crippen molar-refractivity contribution in [1.82, 2.24) is 10.3 Å². The lowest BCUT2D eigenvalue weighted by molar-refractivity contribution is -0.254. The molecule has 0 saturated heterocycles. The first kappa shape index (κ1) is 17.8. The lowest BCUT2D eigenvalue weighted by atomic mass is 9.98. The average molecular weight is 365 g/mol. The van der Waals surface area contributed by atoms with Crippen molar-refractivity contribution in [3.63, 3.8) is 0 Å². The molecule has 1 heterocycles. The molecule has 6 heteroatoms. The fraction of sp³-hybridized carbons (Fsp3) is 0.150. The van der Waals surface area contributed by atoms with Gasteiger partial charge >= 0.3 is 0 Å². The monoisotopic (exact) mass is 365 g/mol. The number of benzene rings is 2. The molecule has 3 aromatic rings. The number of amides is 1. The Morgan fingerprint density at radius 1 is 1.04 bits per heavy atom. The highest BCUT2D eigenvalue weighted by atomic mass is 32.1. The van der Waals surface area contributed by atoms with Gasteiger partial charge in [-0.05, 0) is 18.1 Å². The molecule has 1 amide bonds. The summed E-state index contributed by atoms with van der Waals surface area (Å²) in [5, 5.41) is 14.5. The molecule has 2 aromatic carbocycles. The summed E-state index contributed by atoms with van der Waals surface area (Å²) in [7, 11) is 0. The van der Waals surface area contributed by atoms with Crippen molar-refractivity contribution in [3.8, 4) is 0 Å². The summed E-state index contributed by atoms with van der Waals surface area (Å²) in [6, 6.07) is 19.1. The number of carboxylic acid groups (broad SMARTS) is 1. The first-order chi connectivity index (χ1) is 12.5. The van der Waals surface area contributed by atoms with Crippen LogP contribution in [0.1, 0.15) is 37.5 Å². The zero-order valence-electron chi connectivity index (χ0n) is 14.1. The molecule has 0 bridgehead atoms. The van der Waals surface area contributed by atoms with Crippen LogP contribution in [0, 0.1) is 6.92 Å². The van der Waals surface area contributed by atoms with Gasteiger partial charge < -0.3 is 15.2 Å². The summed E-state index contributed by atoms with van der Waals surface area (Å²) in [5.74, 6) is -1.49. The number of aromatic carboxylic acids is 1. The van der Waals surface area contributed by atoms with Crippen LogP contribution in [0.4, 0.5) is 0 Å². The quantitative estimate of drug-likeness (QED) is 0.726. The van der Waals surface area contributed by atoms with Crippen LogP contribution in [0.25, 0.3) is 0 Å². The minimum atomic E-state index is -1.27. The van der Waals surface area contributed by atoms with Crippen LogP contribution in [0.5, 0.6) is 0 Å². The largest absolute Gasteiger partial charge is 0.544 e. The van der Waals surface area contributed by atoms with Gasteiger partial charge in [0, 0.05) is 0 Å². The van der Waals surface area contributed by atoms with Gasteiger partial charge in [-0.2, -0.15) is 0 Å². The number of carbonyl (C=O) groups is 2. The first-order valence-corrected chi connectivity index (χ1v) is 8.93. The maximum Gasteiger partial charge on any atom is 0.227 e. The van der Waals surface area contributed by atoms with Crippen LogP contribution in [0.2, 0.25) is 0 Å². The van der Waals surface area contributed by atoms with E-state index < -0.39 is 5.97 Å². The Labute approximate surface area is 155 Å². The molecule has 0 unspecified atom stereocenters. The third kappa shape index (κ3) is 4.15. The van der Waals surface area contributed by atoms with E-state index in [1.165, 1.54) is 0 Å². The minimum absolute atomic E-state index is 0.0228. The summed E-state index contributed by atoms with van der Waals surface area (Å²) in [6.45, 7) is 1.60. The molecular weight excluding hydrogens is 348 g/mol. The second-order valence-corrected chi connectivity index (χ2v) is 6.89. The van der Waals surface area contributed by atoms with Gasteiger partial charge in [0.1, 0.15) is 5.01 Å². The van der Waals surface area contributed by atoms with Crippen LogP contribution in [0.15, 0.2) is 60.7 Å². The van der Waals surface area contributed by atoms with E-state index in [2.05, 4.69) is 10.3 Å². The van der Waals surface area contributed by atoms with Gasteiger partial charge in [0.25, 0.3) is 0 Å². The highest BCUT2D eigenvalue weighted by Crippen LogP contribution is 2.23. The third-order valence-electron chi connectivity index (χ3n) is 3.91. The lowest BCUT2D eigenvalue weighted by Crippen LogP contribution is -2.30. The van der Waals surface area contributed by atoms with Crippen molar-refractivity contribution in [2.75, 3.05) is 0 Å². The van der Waals surface area contributed by atoms with Crippen molar-refractivity contribution < 1.29 is 14.7 Å². The van der Waals surface area contributed by atoms with E-state index in [0.717, 1.165) is 22.5 Å². The number of nitrogens with one attached hydrogen (secondary N) is 1. The maximum absolute atomic E-state index is 12.6. The van der Waals surface area contributed by atoms with Gasteiger partial charge in [0.05, 0.1) is 29.0 Å². The lowest BCUT2D eigenvalue weighted by Gasteiger charge is -2.19. The molecule has 5 nitrogen and oxygen atoms in total. The topological polar surface area (TPSA) is 82.1 Å². The molecule has 132 valence electrons. The molecule has 0 fully saturated rings. The van der Waals surface area contributed by atoms with E-state index in [0.29, 0.717) is 10.7 Å². The van der Waals surface area contributed by atoms with Gasteiger partial charge in [0.2, 0.25) is 5.91 Å². The molecule has 3 rings (SSSR count). The number of thiazole rings is 1. The van der Waals surface area contributed by atoms with Crippen molar-refractivity contribution in [2.24, 2.45) is 0 Å². The van der Waals surface area contributed by atoms with Crippen LogP contribution in [0.3, 0.4) is 0 Å². The minimum Gasteiger partial charge on any atom is -0.544 e. The van der Waals surface area contributed by atoms with Crippen LogP contribution in [-0.2, 0) is 11.2 Å². The Kier molecular flexibility index (Phi) is 5.43. The molecule has 1 aromatic heterocycles. The van der Waals surface area contributed by atoms with E-state index >= 15 is 0 Å². The van der Waals surface area contributed by atoms with E-state index in [1.807, 2.05) is 60.7 Å². The molecule has 0 atom stereocenters. The first-order valence-electron chi connectivity index (χ1n) is 8.11. The van der Waals surface area contributed by atoms with Crippen molar-refractivity contribution in [3.05, 3.63) is 87.4 Å². The number of hydrogen-bond acceptors (Lipinski definition) is 5. The molecule has 0 aliphatic rings. The van der Waals surface area contributed by atoms with Crippen molar-refractivity contribution >= 4 is 23.2 Å². The van der Waals surface area contributed by atoms with Gasteiger partial charge in [-0.25, -0.2) is 4.98 Å². The molecule has 0 aliphatic heterocycles. The fourth-order valence-corrected chi connectivity index (χ4v) is 3.61. The number of carbonyl (C=O) groups excluding carboxylic acids is 2. The smallest absolute Gasteiger partial charge is 0.227 e. The Morgan fingerprint density at radius 2 is 1.58 bits per heavy atom. The second-order valence-electron chi connectivity index (χ2n) is 5.81. The van der Waals surface area contributed by atoms with Gasteiger partial charge in [-0.15, -0.1) is 11.3 Å². The summed E-state index contributed by atoms with van der Waals surface area (Å²) in [6.07, 6.45) is 0.0228. The summed E-state index contributed by atoms with van der Waals surface area (Å²) < 4.78 is 0. The zero-order valence-corrected chi connectivity index (χ0v) is 15.0. The second kappa shape index (κ2) is 7.93. The molecule has 0 spiro atoms. The third-order valence-corrected chi connectivity index (χ3v) is 5.05. The summed E-state index contributed by atoms with van der Waals surface area (Å²) >= 11 is 0.981. The maximum atomic E-state index is 12.6. The standard InChI is InChI=1S/C20H18N2O3S/c1-13-19(20(24)25)26-17(21-13)12-16(23)22-18(14-8-4-2-5-9-14)15-10-6-3-7-11-15/h2-11,18H,12H2,1H3,(H,22,23)(H,24,25)/p-1. The SMILES string of the molecule is Cc1nc(CC(=O)NC(c2ccccc2)c2ccccc2)sc1C(=O)[O-]. The number of rotatable bonds is 6. The number of carboxylic acids is 1. The van der Waals surface area contributed by atoms with Gasteiger partial charge in [-0.3, -0.25) is 4.79 Å². The average Bonchev–Trinajstić information content (AvgIpc) is 3.01. The zero-order chi connectivity index (χ0) is 18.5. The highest BCUT2D eigenvalue weighted by molar-refractivity contribution is 7.13. The summed E-state index contributed by atoms with van der Waals surface area (Å²) in [4.78, 5) is 27.8. The fourth-order valence-electron chi connectivity index (χ4n) is 2.72. The van der Waals surface area contributed by atoms with Gasteiger partial charge in [0.15, 0.2) is 0 Å². The van der Waals surface area contributed by atoms with Crippen molar-refractivity contribution in [2.45, 2.75) is 19.4 Å². The number of hydrogen-bond donors (Lipinski definition) is 1. The van der Waals surface area contributed by atoms with Crippen molar-refractivity contribution in [1.29, 1.82) is 0 Å². The molecular formula is C20H17N2O3S-. The van der Waals surface area contributed by atoms with Crippen LogP contribution >= 0.6 is 11.3 Å². The van der Waals surface area contributed by atoms with E-state index in [1.54, 1.807) is 6.92 Å². The Hall–Kier alpha value is -2.99. The highest BCUT2D eigenvalue weighted by Gasteiger charge is 2.18. The van der Waals surface area contributed by atoms with Gasteiger partial charge in [-0.1, -0.05) is 60.7 Å². The van der Waals surface area contributed by atoms with E-state index in [4.69, 9.17) is 0 Å². The Bertz CT molecular complexity index is 868. The number of aromatic nitrogens is 1. The van der Waals surface area contributed by atoms with Crippen LogP contribution < -0.4 is 10.4 Å². The summed E-state index contributed by atoms with van der Waals surface area (Å²) in [5.41, 5.74) is 2.32. The number of nitrogens with zero attached hydrogens (tertiary/aromatic N) is 1. The molecule has 1 N–H and O–H groups in total. The normalized spacial score (nSPS) is 10.7. The predicted molar refractivity (Wildman–Crippen MR) is 97.8 cm³/mol.